The van der Waals surface area contributed by atoms with Crippen LogP contribution in [0, 0.1) is 0 Å². The van der Waals surface area contributed by atoms with Crippen LogP contribution < -0.4 is 9.64 Å². The van der Waals surface area contributed by atoms with Crippen molar-refractivity contribution in [2.24, 2.45) is 0 Å². The first kappa shape index (κ1) is 22.6. The lowest BCUT2D eigenvalue weighted by atomic mass is 10.2. The van der Waals surface area contributed by atoms with Crippen LogP contribution in [0.3, 0.4) is 0 Å². The smallest absolute Gasteiger partial charge is 0.416 e. The van der Waals surface area contributed by atoms with Gasteiger partial charge in [0.15, 0.2) is 5.13 Å². The Morgan fingerprint density at radius 1 is 1.03 bits per heavy atom. The van der Waals surface area contributed by atoms with Gasteiger partial charge >= 0.3 is 6.18 Å². The van der Waals surface area contributed by atoms with Crippen LogP contribution >= 0.6 is 11.3 Å². The summed E-state index contributed by atoms with van der Waals surface area (Å²) in [4.78, 5) is 6.29. The fourth-order valence-corrected chi connectivity index (χ4v) is 5.76. The van der Waals surface area contributed by atoms with E-state index in [0.29, 0.717) is 19.2 Å². The minimum atomic E-state index is -4.60. The quantitative estimate of drug-likeness (QED) is 0.540. The second kappa shape index (κ2) is 8.72. The Hall–Kier alpha value is -2.63. The summed E-state index contributed by atoms with van der Waals surface area (Å²) in [6, 6.07) is 11.4. The molecular weight excluding hydrogens is 463 g/mol. The molecule has 11 heteroatoms. The van der Waals surface area contributed by atoms with Gasteiger partial charge in [-0.2, -0.15) is 17.5 Å². The third-order valence-corrected chi connectivity index (χ3v) is 7.98. The van der Waals surface area contributed by atoms with Crippen LogP contribution in [-0.2, 0) is 16.2 Å². The Bertz CT molecular complexity index is 1190. The van der Waals surface area contributed by atoms with Crippen LogP contribution in [0.4, 0.5) is 18.3 Å². The second-order valence-electron chi connectivity index (χ2n) is 7.16. The number of benzene rings is 2. The average Bonchev–Trinajstić information content (AvgIpc) is 3.29. The van der Waals surface area contributed by atoms with Gasteiger partial charge in [-0.1, -0.05) is 6.07 Å². The Morgan fingerprint density at radius 3 is 2.34 bits per heavy atom. The standard InChI is InChI=1S/C21H20F3N3O3S2/c1-30-17-7-5-15(6-8-17)19-14-31-20(25-19)26-9-11-27(12-10-26)32(28,29)18-4-2-3-16(13-18)21(22,23)24/h2-8,13-14H,9-12H2,1H3. The number of alkyl halides is 3. The van der Waals surface area contributed by atoms with Crippen molar-refractivity contribution in [1.82, 2.24) is 9.29 Å². The first-order valence-electron chi connectivity index (χ1n) is 9.71. The monoisotopic (exact) mass is 483 g/mol. The van der Waals surface area contributed by atoms with Crippen LogP contribution in [0.15, 0.2) is 58.8 Å². The molecule has 2 aromatic carbocycles. The van der Waals surface area contributed by atoms with E-state index in [0.717, 1.165) is 34.3 Å². The minimum Gasteiger partial charge on any atom is -0.497 e. The molecule has 1 aliphatic heterocycles. The van der Waals surface area contributed by atoms with Crippen LogP contribution in [0.25, 0.3) is 11.3 Å². The molecule has 1 aliphatic rings. The van der Waals surface area contributed by atoms with Crippen LogP contribution in [0.1, 0.15) is 5.56 Å². The fourth-order valence-electron chi connectivity index (χ4n) is 3.41. The Balaban J connectivity index is 1.45. The molecule has 0 aliphatic carbocycles. The number of rotatable bonds is 5. The lowest BCUT2D eigenvalue weighted by Gasteiger charge is -2.33. The third-order valence-electron chi connectivity index (χ3n) is 5.19. The maximum atomic E-state index is 13.0. The molecule has 3 aromatic rings. The summed E-state index contributed by atoms with van der Waals surface area (Å²) in [7, 11) is -2.42. The minimum absolute atomic E-state index is 0.163. The van der Waals surface area contributed by atoms with Crippen molar-refractivity contribution in [1.29, 1.82) is 0 Å². The molecule has 0 unspecified atom stereocenters. The molecule has 0 amide bonds. The SMILES string of the molecule is COc1ccc(-c2csc(N3CCN(S(=O)(=O)c4cccc(C(F)(F)F)c4)CC3)n2)cc1. The molecule has 0 atom stereocenters. The largest absolute Gasteiger partial charge is 0.497 e. The van der Waals surface area contributed by atoms with E-state index in [-0.39, 0.29) is 18.0 Å². The molecule has 170 valence electrons. The highest BCUT2D eigenvalue weighted by Gasteiger charge is 2.34. The van der Waals surface area contributed by atoms with E-state index in [1.54, 1.807) is 7.11 Å². The predicted octanol–water partition coefficient (Wildman–Crippen LogP) is 4.35. The molecule has 0 bridgehead atoms. The first-order chi connectivity index (χ1) is 15.2. The zero-order valence-corrected chi connectivity index (χ0v) is 18.7. The number of aromatic nitrogens is 1. The molecule has 32 heavy (non-hydrogen) atoms. The number of piperazine rings is 1. The second-order valence-corrected chi connectivity index (χ2v) is 9.94. The molecular formula is C21H20F3N3O3S2. The molecule has 0 radical (unpaired) electrons. The van der Waals surface area contributed by atoms with Gasteiger partial charge in [-0.3, -0.25) is 0 Å². The van der Waals surface area contributed by atoms with Gasteiger partial charge < -0.3 is 9.64 Å². The summed E-state index contributed by atoms with van der Waals surface area (Å²) in [5.41, 5.74) is 0.775. The molecule has 6 nitrogen and oxygen atoms in total. The zero-order chi connectivity index (χ0) is 22.9. The van der Waals surface area contributed by atoms with Crippen molar-refractivity contribution in [3.05, 3.63) is 59.5 Å². The number of hydrogen-bond donors (Lipinski definition) is 0. The predicted molar refractivity (Wildman–Crippen MR) is 117 cm³/mol. The van der Waals surface area contributed by atoms with Gasteiger partial charge in [-0.25, -0.2) is 13.4 Å². The Labute approximate surface area is 187 Å². The van der Waals surface area contributed by atoms with Crippen LogP contribution in [0.2, 0.25) is 0 Å². The number of ether oxygens (including phenoxy) is 1. The number of hydrogen-bond acceptors (Lipinski definition) is 6. The fraction of sp³-hybridized carbons (Fsp3) is 0.286. The lowest BCUT2D eigenvalue weighted by Crippen LogP contribution is -2.48. The summed E-state index contributed by atoms with van der Waals surface area (Å²) < 4.78 is 71.0. The van der Waals surface area contributed by atoms with E-state index in [2.05, 4.69) is 4.98 Å². The van der Waals surface area contributed by atoms with E-state index >= 15 is 0 Å². The van der Waals surface area contributed by atoms with Crippen molar-refractivity contribution >= 4 is 26.5 Å². The topological polar surface area (TPSA) is 62.7 Å². The maximum absolute atomic E-state index is 13.0. The Kier molecular flexibility index (Phi) is 6.15. The van der Waals surface area contributed by atoms with Crippen molar-refractivity contribution in [3.8, 4) is 17.0 Å². The Morgan fingerprint density at radius 2 is 1.72 bits per heavy atom. The lowest BCUT2D eigenvalue weighted by molar-refractivity contribution is -0.137. The number of sulfonamides is 1. The van der Waals surface area contributed by atoms with E-state index in [4.69, 9.17) is 4.74 Å². The number of thiazole rings is 1. The molecule has 0 saturated carbocycles. The average molecular weight is 484 g/mol. The van der Waals surface area contributed by atoms with Crippen molar-refractivity contribution in [3.63, 3.8) is 0 Å². The van der Waals surface area contributed by atoms with Crippen LogP contribution in [0.5, 0.6) is 5.75 Å². The van der Waals surface area contributed by atoms with Gasteiger partial charge in [0.25, 0.3) is 0 Å². The maximum Gasteiger partial charge on any atom is 0.416 e. The number of nitrogens with zero attached hydrogens (tertiary/aromatic N) is 3. The van der Waals surface area contributed by atoms with Crippen molar-refractivity contribution in [2.75, 3.05) is 38.2 Å². The zero-order valence-electron chi connectivity index (χ0n) is 17.0. The molecule has 1 aromatic heterocycles. The molecule has 1 saturated heterocycles. The van der Waals surface area contributed by atoms with Gasteiger partial charge in [0.1, 0.15) is 5.75 Å². The summed E-state index contributed by atoms with van der Waals surface area (Å²) in [5.74, 6) is 0.752. The van der Waals surface area contributed by atoms with E-state index in [1.807, 2.05) is 34.5 Å². The van der Waals surface area contributed by atoms with Gasteiger partial charge in [0, 0.05) is 37.1 Å². The van der Waals surface area contributed by atoms with Gasteiger partial charge in [0.05, 0.1) is 23.3 Å². The molecule has 1 fully saturated rings. The summed E-state index contributed by atoms with van der Waals surface area (Å²) >= 11 is 1.46. The first-order valence-corrected chi connectivity index (χ1v) is 12.0. The molecule has 4 rings (SSSR count). The van der Waals surface area contributed by atoms with Crippen molar-refractivity contribution < 1.29 is 26.3 Å². The number of halogens is 3. The summed E-state index contributed by atoms with van der Waals surface area (Å²) in [6.07, 6.45) is -4.60. The number of methoxy groups -OCH3 is 1. The molecule has 0 N–H and O–H groups in total. The van der Waals surface area contributed by atoms with Gasteiger partial charge in [-0.15, -0.1) is 11.3 Å². The highest BCUT2D eigenvalue weighted by molar-refractivity contribution is 7.89. The van der Waals surface area contributed by atoms with E-state index in [9.17, 15) is 21.6 Å². The highest BCUT2D eigenvalue weighted by atomic mass is 32.2. The number of anilines is 1. The van der Waals surface area contributed by atoms with E-state index < -0.39 is 21.8 Å². The van der Waals surface area contributed by atoms with Gasteiger partial charge in [0.2, 0.25) is 10.0 Å². The van der Waals surface area contributed by atoms with Crippen LogP contribution in [-0.4, -0.2) is 51.0 Å². The molecule has 2 heterocycles. The van der Waals surface area contributed by atoms with E-state index in [1.165, 1.54) is 21.7 Å². The molecule has 0 spiro atoms. The summed E-state index contributed by atoms with van der Waals surface area (Å²) in [6.45, 7) is 1.12. The van der Waals surface area contributed by atoms with Crippen molar-refractivity contribution in [2.45, 2.75) is 11.1 Å². The van der Waals surface area contributed by atoms with Gasteiger partial charge in [-0.05, 0) is 42.5 Å². The normalized spacial score (nSPS) is 15.7. The highest BCUT2D eigenvalue weighted by Crippen LogP contribution is 2.32. The summed E-state index contributed by atoms with van der Waals surface area (Å²) in [5, 5.41) is 2.70. The third kappa shape index (κ3) is 4.59.